The Hall–Kier alpha value is -3.59. The highest BCUT2D eigenvalue weighted by atomic mass is 16.3. The Morgan fingerprint density at radius 3 is 2.59 bits per heavy atom. The Morgan fingerprint density at radius 2 is 1.94 bits per heavy atom. The Labute approximate surface area is 196 Å². The molecule has 0 bridgehead atoms. The lowest BCUT2D eigenvalue weighted by molar-refractivity contribution is -0.0108. The SMILES string of the molecule is CC[C@@H](Nc1c(Nc2cccc(C(=O)N3CCCC(C)(O)C3)c2O)c(=O)c1=O)c1ccc(C)o1. The van der Waals surface area contributed by atoms with Crippen LogP contribution in [0.5, 0.6) is 5.75 Å². The summed E-state index contributed by atoms with van der Waals surface area (Å²) in [4.78, 5) is 39.1. The Balaban J connectivity index is 1.57. The van der Waals surface area contributed by atoms with Crippen LogP contribution in [0, 0.1) is 6.92 Å². The molecule has 0 saturated carbocycles. The number of carbonyl (C=O) groups is 1. The normalized spacial score (nSPS) is 19.2. The van der Waals surface area contributed by atoms with Crippen LogP contribution in [0.4, 0.5) is 17.1 Å². The van der Waals surface area contributed by atoms with Gasteiger partial charge in [-0.05, 0) is 57.4 Å². The molecule has 1 saturated heterocycles. The smallest absolute Gasteiger partial charge is 0.257 e. The zero-order chi connectivity index (χ0) is 24.6. The van der Waals surface area contributed by atoms with E-state index in [0.29, 0.717) is 31.6 Å². The molecule has 2 atom stereocenters. The number of piperidine rings is 1. The average molecular weight is 468 g/mol. The topological polar surface area (TPSA) is 132 Å². The predicted octanol–water partition coefficient (Wildman–Crippen LogP) is 3.18. The first kappa shape index (κ1) is 23.6. The van der Waals surface area contributed by atoms with E-state index in [1.807, 2.05) is 26.0 Å². The number of nitrogens with zero attached hydrogens (tertiary/aromatic N) is 1. The summed E-state index contributed by atoms with van der Waals surface area (Å²) in [5, 5.41) is 27.0. The number of benzene rings is 1. The molecule has 1 amide bonds. The number of nitrogens with one attached hydrogen (secondary N) is 2. The van der Waals surface area contributed by atoms with Crippen molar-refractivity contribution in [2.24, 2.45) is 0 Å². The maximum Gasteiger partial charge on any atom is 0.257 e. The summed E-state index contributed by atoms with van der Waals surface area (Å²) in [6, 6.07) is 7.91. The van der Waals surface area contributed by atoms with Gasteiger partial charge in [0.2, 0.25) is 0 Å². The number of para-hydroxylation sites is 1. The molecule has 0 radical (unpaired) electrons. The van der Waals surface area contributed by atoms with Gasteiger partial charge in [-0.3, -0.25) is 14.4 Å². The number of aromatic hydroxyl groups is 1. The standard InChI is InChI=1S/C25H29N3O6/c1-4-16(18-10-9-14(2)34-18)26-19-20(23(31)22(19)30)27-17-8-5-7-15(21(17)29)24(32)28-12-6-11-25(3,33)13-28/h5,7-10,16,26-27,29,33H,4,6,11-13H2,1-3H3/t16-,25?/m1/s1. The molecule has 1 fully saturated rings. The van der Waals surface area contributed by atoms with E-state index in [0.717, 1.165) is 5.76 Å². The molecule has 2 heterocycles. The molecule has 0 spiro atoms. The molecule has 9 heteroatoms. The molecule has 3 aromatic rings. The number of hydrogen-bond acceptors (Lipinski definition) is 8. The molecule has 1 unspecified atom stereocenters. The second-order valence-electron chi connectivity index (χ2n) is 9.12. The number of β-amino-alcohol motifs (C(OH)–C–C–N with tert-alkyl or cyclic N) is 1. The Kier molecular flexibility index (Phi) is 6.22. The van der Waals surface area contributed by atoms with Gasteiger partial charge in [-0.1, -0.05) is 13.0 Å². The molecular weight excluding hydrogens is 438 g/mol. The summed E-state index contributed by atoms with van der Waals surface area (Å²) < 4.78 is 5.65. The van der Waals surface area contributed by atoms with Crippen LogP contribution in [0.25, 0.3) is 0 Å². The largest absolute Gasteiger partial charge is 0.505 e. The third-order valence-corrected chi connectivity index (χ3v) is 6.23. The minimum atomic E-state index is -0.980. The van der Waals surface area contributed by atoms with Gasteiger partial charge in [-0.25, -0.2) is 0 Å². The van der Waals surface area contributed by atoms with Crippen LogP contribution >= 0.6 is 0 Å². The number of anilines is 3. The van der Waals surface area contributed by atoms with Gasteiger partial charge in [0.05, 0.1) is 22.9 Å². The van der Waals surface area contributed by atoms with Gasteiger partial charge in [-0.2, -0.15) is 0 Å². The van der Waals surface area contributed by atoms with Crippen LogP contribution in [0.3, 0.4) is 0 Å². The number of furan rings is 1. The van der Waals surface area contributed by atoms with Crippen LogP contribution < -0.4 is 21.5 Å². The molecule has 2 aromatic carbocycles. The molecule has 0 aliphatic carbocycles. The molecule has 4 rings (SSSR count). The molecule has 1 aliphatic heterocycles. The molecule has 34 heavy (non-hydrogen) atoms. The number of hydrogen-bond donors (Lipinski definition) is 4. The third kappa shape index (κ3) is 4.43. The fraction of sp³-hybridized carbons (Fsp3) is 0.400. The quantitative estimate of drug-likeness (QED) is 0.308. The second-order valence-corrected chi connectivity index (χ2v) is 9.12. The molecule has 1 aliphatic rings. The van der Waals surface area contributed by atoms with Gasteiger partial charge in [0.25, 0.3) is 16.8 Å². The number of carbonyl (C=O) groups excluding carboxylic acids is 1. The fourth-order valence-corrected chi connectivity index (χ4v) is 4.35. The van der Waals surface area contributed by atoms with Crippen molar-refractivity contribution in [2.75, 3.05) is 23.7 Å². The fourth-order valence-electron chi connectivity index (χ4n) is 4.35. The molecule has 1 aromatic heterocycles. The molecule has 4 N–H and O–H groups in total. The minimum absolute atomic E-state index is 0.0209. The monoisotopic (exact) mass is 467 g/mol. The second kappa shape index (κ2) is 8.98. The van der Waals surface area contributed by atoms with Crippen LogP contribution in [-0.4, -0.2) is 39.7 Å². The van der Waals surface area contributed by atoms with Gasteiger partial charge in [0, 0.05) is 13.1 Å². The van der Waals surface area contributed by atoms with Crippen LogP contribution in [0.2, 0.25) is 0 Å². The van der Waals surface area contributed by atoms with Crippen molar-refractivity contribution >= 4 is 23.0 Å². The lowest BCUT2D eigenvalue weighted by Crippen LogP contribution is -2.48. The van der Waals surface area contributed by atoms with Crippen molar-refractivity contribution in [3.8, 4) is 5.75 Å². The molecule has 9 nitrogen and oxygen atoms in total. The zero-order valence-electron chi connectivity index (χ0n) is 19.5. The first-order chi connectivity index (χ1) is 16.1. The van der Waals surface area contributed by atoms with Crippen molar-refractivity contribution in [3.05, 3.63) is 67.9 Å². The Morgan fingerprint density at radius 1 is 1.21 bits per heavy atom. The Bertz CT molecular complexity index is 1280. The van der Waals surface area contributed by atoms with E-state index >= 15 is 0 Å². The number of rotatable bonds is 7. The van der Waals surface area contributed by atoms with Crippen LogP contribution in [0.15, 0.2) is 44.3 Å². The summed E-state index contributed by atoms with van der Waals surface area (Å²) >= 11 is 0. The van der Waals surface area contributed by atoms with Crippen LogP contribution in [-0.2, 0) is 0 Å². The highest BCUT2D eigenvalue weighted by Gasteiger charge is 2.33. The summed E-state index contributed by atoms with van der Waals surface area (Å²) in [5.74, 6) is 0.640. The number of aliphatic hydroxyl groups is 1. The van der Waals surface area contributed by atoms with E-state index in [1.54, 1.807) is 13.0 Å². The number of phenols is 1. The number of aryl methyl sites for hydroxylation is 1. The maximum atomic E-state index is 13.0. The zero-order valence-corrected chi connectivity index (χ0v) is 19.5. The van der Waals surface area contributed by atoms with E-state index in [-0.39, 0.29) is 41.0 Å². The van der Waals surface area contributed by atoms with Gasteiger partial charge in [0.15, 0.2) is 5.75 Å². The number of phenolic OH excluding ortho intramolecular Hbond substituents is 1. The van der Waals surface area contributed by atoms with Crippen LogP contribution in [0.1, 0.15) is 61.0 Å². The summed E-state index contributed by atoms with van der Waals surface area (Å²) in [5.41, 5.74) is -2.05. The van der Waals surface area contributed by atoms with E-state index < -0.39 is 22.4 Å². The highest BCUT2D eigenvalue weighted by molar-refractivity contribution is 5.99. The van der Waals surface area contributed by atoms with Crippen molar-refractivity contribution < 1.29 is 19.4 Å². The van der Waals surface area contributed by atoms with Gasteiger partial charge in [-0.15, -0.1) is 0 Å². The molecular formula is C25H29N3O6. The maximum absolute atomic E-state index is 13.0. The average Bonchev–Trinajstić information content (AvgIpc) is 3.24. The summed E-state index contributed by atoms with van der Waals surface area (Å²) in [6.45, 7) is 6.07. The van der Waals surface area contributed by atoms with Crippen molar-refractivity contribution in [1.29, 1.82) is 0 Å². The van der Waals surface area contributed by atoms with Crippen molar-refractivity contribution in [1.82, 2.24) is 4.90 Å². The van der Waals surface area contributed by atoms with E-state index in [9.17, 15) is 24.6 Å². The lowest BCUT2D eigenvalue weighted by atomic mass is 9.94. The molecule has 180 valence electrons. The van der Waals surface area contributed by atoms with E-state index in [2.05, 4.69) is 10.6 Å². The summed E-state index contributed by atoms with van der Waals surface area (Å²) in [7, 11) is 0. The van der Waals surface area contributed by atoms with Gasteiger partial charge < -0.3 is 30.2 Å². The minimum Gasteiger partial charge on any atom is -0.505 e. The van der Waals surface area contributed by atoms with E-state index in [4.69, 9.17) is 4.42 Å². The third-order valence-electron chi connectivity index (χ3n) is 6.23. The van der Waals surface area contributed by atoms with Crippen molar-refractivity contribution in [2.45, 2.75) is 51.7 Å². The predicted molar refractivity (Wildman–Crippen MR) is 129 cm³/mol. The first-order valence-electron chi connectivity index (χ1n) is 11.4. The first-order valence-corrected chi connectivity index (χ1v) is 11.4. The summed E-state index contributed by atoms with van der Waals surface area (Å²) in [6.07, 6.45) is 1.87. The highest BCUT2D eigenvalue weighted by Crippen LogP contribution is 2.34. The van der Waals surface area contributed by atoms with Crippen molar-refractivity contribution in [3.63, 3.8) is 0 Å². The lowest BCUT2D eigenvalue weighted by Gasteiger charge is -2.37. The van der Waals surface area contributed by atoms with E-state index in [1.165, 1.54) is 17.0 Å². The van der Waals surface area contributed by atoms with Gasteiger partial charge in [0.1, 0.15) is 22.9 Å². The number of likely N-dealkylation sites (tertiary alicyclic amines) is 1. The number of amides is 1. The van der Waals surface area contributed by atoms with Gasteiger partial charge >= 0.3 is 0 Å².